The van der Waals surface area contributed by atoms with Crippen LogP contribution in [0.1, 0.15) is 25.0 Å². The predicted molar refractivity (Wildman–Crippen MR) is 165 cm³/mol. The minimum Gasteiger partial charge on any atom is -0.595 e. The van der Waals surface area contributed by atoms with Crippen molar-refractivity contribution in [3.8, 4) is 0 Å². The van der Waals surface area contributed by atoms with E-state index in [-0.39, 0.29) is 34.1 Å². The summed E-state index contributed by atoms with van der Waals surface area (Å²) >= 11 is 1.53. The lowest BCUT2D eigenvalue weighted by atomic mass is 10.1. The van der Waals surface area contributed by atoms with Crippen LogP contribution >= 0.6 is 11.8 Å². The van der Waals surface area contributed by atoms with Gasteiger partial charge in [-0.1, -0.05) is 36.0 Å². The summed E-state index contributed by atoms with van der Waals surface area (Å²) in [7, 11) is 0. The van der Waals surface area contributed by atoms with E-state index in [4.69, 9.17) is 10.4 Å². The van der Waals surface area contributed by atoms with Crippen LogP contribution < -0.4 is 31.8 Å². The van der Waals surface area contributed by atoms with Crippen LogP contribution in [0.3, 0.4) is 0 Å². The first-order valence-corrected chi connectivity index (χ1v) is 13.9. The molecule has 0 radical (unpaired) electrons. The Balaban J connectivity index is 1.38. The summed E-state index contributed by atoms with van der Waals surface area (Å²) in [5.41, 5.74) is 7.82. The molecule has 236 valence electrons. The molecule has 0 aliphatic rings. The molecule has 0 aromatic heterocycles. The summed E-state index contributed by atoms with van der Waals surface area (Å²) in [4.78, 5) is 1.92. The van der Waals surface area contributed by atoms with Gasteiger partial charge in [-0.15, -0.1) is 0 Å². The minimum absolute atomic E-state index is 0.139. The zero-order valence-electron chi connectivity index (χ0n) is 23.8. The zero-order chi connectivity index (χ0) is 32.7. The largest absolute Gasteiger partial charge is 0.595 e. The first-order chi connectivity index (χ1) is 21.4. The van der Waals surface area contributed by atoms with E-state index in [2.05, 4.69) is 21.1 Å². The SMILES string of the molecule is C/C(=N/Nc1ccc([NH+]([O-])O)cc1[NH+]([O-])O)c1ccc(Sc2ccc(/C(C)=N/Nc3ccc([NH+]([O-])O)cc3[NH+]([O-])O)cc2)cc1. The molecule has 0 aliphatic heterocycles. The summed E-state index contributed by atoms with van der Waals surface area (Å²) in [5.74, 6) is 0. The average molecular weight is 639 g/mol. The Morgan fingerprint density at radius 2 is 0.911 bits per heavy atom. The van der Waals surface area contributed by atoms with Gasteiger partial charge in [0.2, 0.25) is 0 Å². The number of nitrogens with zero attached hydrogens (tertiary/aromatic N) is 2. The highest BCUT2D eigenvalue weighted by Crippen LogP contribution is 2.29. The Bertz CT molecular complexity index is 1540. The molecule has 10 N–H and O–H groups in total. The first kappa shape index (κ1) is 33.6. The molecule has 4 unspecified atom stereocenters. The molecule has 0 heterocycles. The van der Waals surface area contributed by atoms with E-state index in [0.717, 1.165) is 33.1 Å². The van der Waals surface area contributed by atoms with Crippen molar-refractivity contribution >= 4 is 57.3 Å². The number of rotatable bonds is 12. The molecule has 0 fully saturated rings. The van der Waals surface area contributed by atoms with Crippen LogP contribution in [0.5, 0.6) is 0 Å². The topological polar surface area (TPSA) is 240 Å². The molecule has 45 heavy (non-hydrogen) atoms. The number of benzene rings is 4. The van der Waals surface area contributed by atoms with Crippen molar-refractivity contribution in [2.24, 2.45) is 10.2 Å². The van der Waals surface area contributed by atoms with E-state index in [1.807, 2.05) is 48.5 Å². The fourth-order valence-corrected chi connectivity index (χ4v) is 4.80. The van der Waals surface area contributed by atoms with E-state index in [1.54, 1.807) is 13.8 Å². The van der Waals surface area contributed by atoms with Crippen LogP contribution in [0.25, 0.3) is 0 Å². The van der Waals surface area contributed by atoms with Gasteiger partial charge >= 0.3 is 0 Å². The minimum atomic E-state index is -1.28. The average Bonchev–Trinajstić information content (AvgIpc) is 3.02. The normalized spacial score (nSPS) is 14.9. The molecular weight excluding hydrogens is 608 g/mol. The van der Waals surface area contributed by atoms with E-state index < -0.39 is 20.9 Å². The monoisotopic (exact) mass is 638 g/mol. The van der Waals surface area contributed by atoms with Gasteiger partial charge in [0.05, 0.1) is 23.6 Å². The van der Waals surface area contributed by atoms with Gasteiger partial charge in [-0.2, -0.15) is 31.1 Å². The lowest BCUT2D eigenvalue weighted by Crippen LogP contribution is -3.00. The van der Waals surface area contributed by atoms with Crippen LogP contribution in [0.2, 0.25) is 0 Å². The van der Waals surface area contributed by atoms with Gasteiger partial charge in [-0.3, -0.25) is 10.9 Å². The Morgan fingerprint density at radius 3 is 1.22 bits per heavy atom. The smallest absolute Gasteiger partial charge is 0.195 e. The third kappa shape index (κ3) is 8.88. The van der Waals surface area contributed by atoms with Gasteiger partial charge in [0, 0.05) is 21.9 Å². The number of hydrazone groups is 2. The fourth-order valence-electron chi connectivity index (χ4n) is 3.99. The molecule has 4 aromatic carbocycles. The van der Waals surface area contributed by atoms with E-state index in [9.17, 15) is 31.2 Å². The Hall–Kier alpha value is -4.31. The second-order valence-corrected chi connectivity index (χ2v) is 10.7. The van der Waals surface area contributed by atoms with Gasteiger partial charge in [0.1, 0.15) is 11.4 Å². The highest BCUT2D eigenvalue weighted by atomic mass is 32.2. The van der Waals surface area contributed by atoms with Crippen LogP contribution in [0, 0.1) is 20.8 Å². The zero-order valence-corrected chi connectivity index (χ0v) is 24.6. The standard InChI is InChI=1S/C28H30N8O8S/c1-17(29-31-25-13-7-21(33(37)38)15-27(25)35(41)42)19-3-9-23(10-4-19)45-24-11-5-20(6-12-24)18(2)30-32-26-14-8-22(34(39)40)16-28(26)36(43)44/h3-16,31-37,39,41,43H,1-2H3/b29-17-,30-18+. The fraction of sp³-hybridized carbons (Fsp3) is 0.0714. The highest BCUT2D eigenvalue weighted by Gasteiger charge is 2.15. The van der Waals surface area contributed by atoms with Crippen LogP contribution in [0.15, 0.2) is 105 Å². The molecule has 0 saturated heterocycles. The number of anilines is 2. The Kier molecular flexibility index (Phi) is 11.3. The van der Waals surface area contributed by atoms with Gasteiger partial charge in [-0.05, 0) is 61.4 Å². The molecule has 4 aromatic rings. The molecule has 0 aliphatic carbocycles. The molecule has 16 nitrogen and oxygen atoms in total. The maximum absolute atomic E-state index is 11.6. The highest BCUT2D eigenvalue weighted by molar-refractivity contribution is 7.99. The van der Waals surface area contributed by atoms with E-state index >= 15 is 0 Å². The third-order valence-electron chi connectivity index (χ3n) is 6.46. The Morgan fingerprint density at radius 1 is 0.556 bits per heavy atom. The summed E-state index contributed by atoms with van der Waals surface area (Å²) in [6.07, 6.45) is 0. The molecule has 4 atom stereocenters. The van der Waals surface area contributed by atoms with Crippen molar-refractivity contribution in [3.63, 3.8) is 0 Å². The molecule has 0 amide bonds. The third-order valence-corrected chi connectivity index (χ3v) is 7.48. The lowest BCUT2D eigenvalue weighted by Gasteiger charge is -2.18. The number of quaternary nitrogens is 4. The summed E-state index contributed by atoms with van der Waals surface area (Å²) < 4.78 is 0. The number of hydrogen-bond donors (Lipinski definition) is 10. The molecule has 4 rings (SSSR count). The van der Waals surface area contributed by atoms with Crippen molar-refractivity contribution in [2.45, 2.75) is 23.6 Å². The predicted octanol–water partition coefficient (Wildman–Crippen LogP) is 1.12. The second kappa shape index (κ2) is 15.1. The van der Waals surface area contributed by atoms with Crippen LogP contribution in [-0.2, 0) is 0 Å². The number of nitrogens with one attached hydrogen (secondary N) is 6. The second-order valence-electron chi connectivity index (χ2n) is 9.51. The van der Waals surface area contributed by atoms with Gasteiger partial charge in [0.25, 0.3) is 0 Å². The van der Waals surface area contributed by atoms with Crippen molar-refractivity contribution in [1.82, 2.24) is 0 Å². The summed E-state index contributed by atoms with van der Waals surface area (Å²) in [6, 6.07) is 22.6. The molecule has 0 saturated carbocycles. The quantitative estimate of drug-likeness (QED) is 0.0779. The lowest BCUT2D eigenvalue weighted by molar-refractivity contribution is -0.996. The van der Waals surface area contributed by atoms with Gasteiger partial charge in [0.15, 0.2) is 22.7 Å². The Labute approximate surface area is 260 Å². The van der Waals surface area contributed by atoms with Crippen LogP contribution in [0.4, 0.5) is 34.1 Å². The van der Waals surface area contributed by atoms with Crippen molar-refractivity contribution in [2.75, 3.05) is 10.9 Å². The van der Waals surface area contributed by atoms with Gasteiger partial charge in [-0.25, -0.2) is 20.8 Å². The van der Waals surface area contributed by atoms with E-state index in [0.29, 0.717) is 11.4 Å². The maximum Gasteiger partial charge on any atom is 0.195 e. The maximum atomic E-state index is 11.6. The van der Waals surface area contributed by atoms with Gasteiger partial charge < -0.3 is 20.8 Å². The molecule has 17 heteroatoms. The van der Waals surface area contributed by atoms with E-state index in [1.165, 1.54) is 36.0 Å². The van der Waals surface area contributed by atoms with Crippen molar-refractivity contribution in [3.05, 3.63) is 117 Å². The number of hydrogen-bond acceptors (Lipinski definition) is 13. The molecule has 0 bridgehead atoms. The summed E-state index contributed by atoms with van der Waals surface area (Å²) in [6.45, 7) is 3.51. The molecule has 0 spiro atoms. The molecular formula is C28H30N8O8S. The van der Waals surface area contributed by atoms with Crippen LogP contribution in [-0.4, -0.2) is 32.3 Å². The summed E-state index contributed by atoms with van der Waals surface area (Å²) in [5, 5.41) is 86.1. The first-order valence-electron chi connectivity index (χ1n) is 13.1. The van der Waals surface area contributed by atoms with Crippen molar-refractivity contribution < 1.29 is 41.7 Å². The van der Waals surface area contributed by atoms with Crippen molar-refractivity contribution in [1.29, 1.82) is 0 Å².